The van der Waals surface area contributed by atoms with Gasteiger partial charge >= 0.3 is 5.97 Å². The van der Waals surface area contributed by atoms with Gasteiger partial charge in [-0.15, -0.1) is 0 Å². The Morgan fingerprint density at radius 1 is 0.600 bits per heavy atom. The Morgan fingerprint density at radius 2 is 1.02 bits per heavy atom. The summed E-state index contributed by atoms with van der Waals surface area (Å²) in [7, 11) is 7.10. The Labute approximate surface area is 277 Å². The molecule has 0 aromatic heterocycles. The predicted molar refractivity (Wildman–Crippen MR) is 163 cm³/mol. The summed E-state index contributed by atoms with van der Waals surface area (Å²) in [6.07, 6.45) is 1.99. The molecule has 2 aromatic carbocycles. The van der Waals surface area contributed by atoms with Gasteiger partial charge in [0.2, 0.25) is 11.5 Å². The zero-order valence-electron chi connectivity index (χ0n) is 27.1. The summed E-state index contributed by atoms with van der Waals surface area (Å²) in [5.74, 6) is 0.497. The molecule has 0 unspecified atom stereocenters. The number of hydrogen-bond donors (Lipinski definition) is 2. The Morgan fingerprint density at radius 3 is 1.38 bits per heavy atom. The van der Waals surface area contributed by atoms with Crippen LogP contribution in [0.4, 0.5) is 0 Å². The maximum absolute atomic E-state index is 12.0. The van der Waals surface area contributed by atoms with Gasteiger partial charge in [0.05, 0.1) is 41.1 Å². The van der Waals surface area contributed by atoms with Crippen molar-refractivity contribution in [3.63, 3.8) is 0 Å². The molecule has 253 valence electrons. The molecule has 13 nitrogen and oxygen atoms in total. The molecular formula is C31H44IrN2O11. The van der Waals surface area contributed by atoms with Crippen LogP contribution in [0.3, 0.4) is 0 Å². The maximum Gasteiger partial charge on any atom is 0.341 e. The number of nitrogens with one attached hydrogen (secondary N) is 2. The zero-order valence-corrected chi connectivity index (χ0v) is 29.5. The van der Waals surface area contributed by atoms with Crippen molar-refractivity contribution >= 4 is 23.6 Å². The average molecular weight is 813 g/mol. The van der Waals surface area contributed by atoms with Crippen molar-refractivity contribution < 1.29 is 72.4 Å². The van der Waals surface area contributed by atoms with E-state index in [1.165, 1.54) is 41.6 Å². The molecule has 45 heavy (non-hydrogen) atoms. The molecule has 0 saturated carbocycles. The van der Waals surface area contributed by atoms with Gasteiger partial charge in [0.25, 0.3) is 11.8 Å². The van der Waals surface area contributed by atoms with Crippen molar-refractivity contribution in [2.24, 2.45) is 0 Å². The Kier molecular flexibility index (Phi) is 20.5. The van der Waals surface area contributed by atoms with Crippen LogP contribution in [0.15, 0.2) is 24.3 Å². The van der Waals surface area contributed by atoms with Crippen molar-refractivity contribution in [1.82, 2.24) is 10.6 Å². The van der Waals surface area contributed by atoms with E-state index in [0.717, 1.165) is 12.8 Å². The summed E-state index contributed by atoms with van der Waals surface area (Å²) in [4.78, 5) is 47.2. The molecule has 2 amide bonds. The molecule has 0 aliphatic rings. The molecule has 0 bridgehead atoms. The summed E-state index contributed by atoms with van der Waals surface area (Å²) >= 11 is 0. The van der Waals surface area contributed by atoms with Crippen molar-refractivity contribution in [3.05, 3.63) is 35.4 Å². The van der Waals surface area contributed by atoms with E-state index in [9.17, 15) is 19.2 Å². The van der Waals surface area contributed by atoms with Crippen molar-refractivity contribution in [2.75, 3.05) is 61.9 Å². The van der Waals surface area contributed by atoms with E-state index in [1.54, 1.807) is 25.1 Å². The first-order chi connectivity index (χ1) is 21.2. The first kappa shape index (κ1) is 41.0. The number of ether oxygens (including phenoxy) is 7. The van der Waals surface area contributed by atoms with E-state index in [0.29, 0.717) is 42.3 Å². The van der Waals surface area contributed by atoms with Crippen LogP contribution in [0, 0.1) is 0 Å². The minimum absolute atomic E-state index is 0. The standard InChI is InChI=1S/C16H23NO5.C15H21NO6.Ir/c1-5-9-17-14(19)10-22-15-11(12(18)6-2)7-8-13(20-3)16(15)21-4;1-5-8-16-12(17)9-22-13-10(15(18)21-4)6-7-11(19-2)14(13)20-3;/h7-8H,5-6,9-10H2,1-4H3,(H,17,19);6-7H,5,8-9H2,1-4H3,(H,16,17);. The molecule has 0 heterocycles. The van der Waals surface area contributed by atoms with Crippen LogP contribution >= 0.6 is 0 Å². The van der Waals surface area contributed by atoms with Crippen LogP contribution < -0.4 is 39.1 Å². The normalized spacial score (nSPS) is 9.69. The van der Waals surface area contributed by atoms with Crippen LogP contribution in [0.1, 0.15) is 60.7 Å². The van der Waals surface area contributed by atoms with Crippen LogP contribution in [-0.2, 0) is 34.4 Å². The number of carbonyl (C=O) groups excluding carboxylic acids is 4. The fourth-order valence-corrected chi connectivity index (χ4v) is 3.67. The van der Waals surface area contributed by atoms with Gasteiger partial charge in [0.15, 0.2) is 42.0 Å². The number of hydrogen-bond acceptors (Lipinski definition) is 11. The summed E-state index contributed by atoms with van der Waals surface area (Å²) < 4.78 is 36.6. The van der Waals surface area contributed by atoms with Gasteiger partial charge in [-0.1, -0.05) is 20.8 Å². The van der Waals surface area contributed by atoms with Crippen LogP contribution in [0.5, 0.6) is 34.5 Å². The minimum Gasteiger partial charge on any atom is -0.493 e. The number of rotatable bonds is 17. The SMILES string of the molecule is CCCNC(=O)COc1c(C(=O)CC)ccc(OC)c1OC.CCCNC(=O)COc1c(C(=O)OC)ccc(OC)c1OC.[Ir]. The molecular weight excluding hydrogens is 769 g/mol. The van der Waals surface area contributed by atoms with Gasteiger partial charge in [0.1, 0.15) is 5.56 Å². The van der Waals surface area contributed by atoms with Crippen LogP contribution in [0.25, 0.3) is 0 Å². The summed E-state index contributed by atoms with van der Waals surface area (Å²) in [6.45, 7) is 6.38. The maximum atomic E-state index is 12.0. The van der Waals surface area contributed by atoms with Crippen LogP contribution in [0.2, 0.25) is 0 Å². The van der Waals surface area contributed by atoms with E-state index in [1.807, 2.05) is 13.8 Å². The first-order valence-corrected chi connectivity index (χ1v) is 14.1. The molecule has 2 N–H and O–H groups in total. The zero-order chi connectivity index (χ0) is 33.1. The number of ketones is 1. The van der Waals surface area contributed by atoms with Gasteiger partial charge in [0, 0.05) is 39.6 Å². The van der Waals surface area contributed by atoms with Gasteiger partial charge in [-0.05, 0) is 37.1 Å². The van der Waals surface area contributed by atoms with Crippen LogP contribution in [-0.4, -0.2) is 85.4 Å². The summed E-state index contributed by atoms with van der Waals surface area (Å²) in [6, 6.07) is 6.32. The van der Waals surface area contributed by atoms with Gasteiger partial charge in [-0.25, -0.2) is 4.79 Å². The van der Waals surface area contributed by atoms with Gasteiger partial charge in [-0.3, -0.25) is 14.4 Å². The number of Topliss-reactive ketones (excluding diaryl/α,β-unsaturated/α-hetero) is 1. The van der Waals surface area contributed by atoms with E-state index in [4.69, 9.17) is 33.2 Å². The topological polar surface area (TPSA) is 157 Å². The molecule has 0 aliphatic carbocycles. The van der Waals surface area contributed by atoms with Crippen molar-refractivity contribution in [1.29, 1.82) is 0 Å². The molecule has 0 aliphatic heterocycles. The quantitative estimate of drug-likeness (QED) is 0.178. The van der Waals surface area contributed by atoms with E-state index < -0.39 is 5.97 Å². The monoisotopic (exact) mass is 813 g/mol. The van der Waals surface area contributed by atoms with E-state index in [2.05, 4.69) is 10.6 Å². The number of methoxy groups -OCH3 is 5. The smallest absolute Gasteiger partial charge is 0.341 e. The first-order valence-electron chi connectivity index (χ1n) is 14.1. The largest absolute Gasteiger partial charge is 0.493 e. The van der Waals surface area contributed by atoms with Crippen molar-refractivity contribution in [3.8, 4) is 34.5 Å². The second-order valence-electron chi connectivity index (χ2n) is 8.90. The number of esters is 1. The number of carbonyl (C=O) groups is 4. The average Bonchev–Trinajstić information content (AvgIpc) is 3.06. The molecule has 14 heteroatoms. The van der Waals surface area contributed by atoms with Crippen molar-refractivity contribution in [2.45, 2.75) is 40.0 Å². The predicted octanol–water partition coefficient (Wildman–Crippen LogP) is 3.59. The molecule has 2 aromatic rings. The second-order valence-corrected chi connectivity index (χ2v) is 8.90. The summed E-state index contributed by atoms with van der Waals surface area (Å²) in [5, 5.41) is 5.39. The molecule has 0 atom stereocenters. The minimum atomic E-state index is -0.593. The fourth-order valence-electron chi connectivity index (χ4n) is 3.67. The van der Waals surface area contributed by atoms with E-state index in [-0.39, 0.29) is 73.7 Å². The third kappa shape index (κ3) is 12.5. The summed E-state index contributed by atoms with van der Waals surface area (Å²) in [5.41, 5.74) is 0.534. The second kappa shape index (κ2) is 22.5. The third-order valence-corrected chi connectivity index (χ3v) is 5.87. The molecule has 0 fully saturated rings. The molecule has 0 saturated heterocycles. The molecule has 2 rings (SSSR count). The van der Waals surface area contributed by atoms with E-state index >= 15 is 0 Å². The Balaban J connectivity index is 0.000000842. The molecule has 0 spiro atoms. The Bertz CT molecular complexity index is 1160. The third-order valence-electron chi connectivity index (χ3n) is 5.87. The van der Waals surface area contributed by atoms with Gasteiger partial charge in [-0.2, -0.15) is 0 Å². The van der Waals surface area contributed by atoms with Gasteiger partial charge < -0.3 is 43.8 Å². The Hall–Kier alpha value is -4.03. The number of benzene rings is 2. The number of amides is 2. The molecule has 1 radical (unpaired) electrons. The fraction of sp³-hybridized carbons (Fsp3) is 0.484.